The number of hydrogen-bond donors (Lipinski definition) is 0. The molecule has 0 atom stereocenters. The molecule has 0 saturated heterocycles. The molecule has 0 aliphatic rings. The molecule has 1 aromatic heterocycles. The molecule has 25 heavy (non-hydrogen) atoms. The van der Waals surface area contributed by atoms with Crippen molar-refractivity contribution in [3.8, 4) is 0 Å². The van der Waals surface area contributed by atoms with Gasteiger partial charge in [-0.15, -0.1) is 13.2 Å². The van der Waals surface area contributed by atoms with Gasteiger partial charge in [-0.1, -0.05) is 26.0 Å². The van der Waals surface area contributed by atoms with Crippen molar-refractivity contribution < 1.29 is 0 Å². The van der Waals surface area contributed by atoms with Gasteiger partial charge in [0.1, 0.15) is 11.5 Å². The summed E-state index contributed by atoms with van der Waals surface area (Å²) in [6.45, 7) is 19.1. The van der Waals surface area contributed by atoms with Crippen LogP contribution in [0.4, 0.5) is 17.2 Å². The first-order chi connectivity index (χ1) is 12.0. The average Bonchev–Trinajstić information content (AvgIpc) is 2.64. The largest absolute Gasteiger partial charge is 0.376 e. The number of allylic oxidation sites excluding steroid dienone is 3. The average molecular weight is 343 g/mol. The molecule has 4 heteroatoms. The lowest BCUT2D eigenvalue weighted by Crippen LogP contribution is -2.24. The van der Waals surface area contributed by atoms with E-state index < -0.39 is 0 Å². The maximum Gasteiger partial charge on any atom is 0.135 e. The third-order valence-electron chi connectivity index (χ3n) is 3.84. The molecule has 0 radical (unpaired) electrons. The highest BCUT2D eigenvalue weighted by Crippen LogP contribution is 2.32. The van der Waals surface area contributed by atoms with Crippen molar-refractivity contribution in [2.45, 2.75) is 40.5 Å². The topological polar surface area (TPSA) is 31.7 Å². The zero-order valence-corrected chi connectivity index (χ0v) is 16.8. The number of anilines is 2. The summed E-state index contributed by atoms with van der Waals surface area (Å²) >= 11 is 0. The van der Waals surface area contributed by atoms with Crippen molar-refractivity contribution in [1.82, 2.24) is 4.98 Å². The molecule has 0 aromatic carbocycles. The molecule has 1 rings (SSSR count). The summed E-state index contributed by atoms with van der Waals surface area (Å²) in [4.78, 5) is 13.0. The second-order valence-corrected chi connectivity index (χ2v) is 5.49. The number of pyridine rings is 1. The third kappa shape index (κ3) is 5.89. The smallest absolute Gasteiger partial charge is 0.135 e. The number of aliphatic imine (C=N–C) groups is 1. The molecule has 1 heterocycles. The normalized spacial score (nSPS) is 11.4. The third-order valence-corrected chi connectivity index (χ3v) is 3.84. The molecule has 0 aliphatic heterocycles. The van der Waals surface area contributed by atoms with Crippen LogP contribution in [-0.4, -0.2) is 32.3 Å². The van der Waals surface area contributed by atoms with Gasteiger partial charge in [-0.05, 0) is 39.0 Å². The molecule has 0 amide bonds. The van der Waals surface area contributed by atoms with Crippen LogP contribution in [0.25, 0.3) is 0 Å². The second-order valence-electron chi connectivity index (χ2n) is 5.49. The highest BCUT2D eigenvalue weighted by atomic mass is 15.2. The summed E-state index contributed by atoms with van der Waals surface area (Å²) in [5.41, 5.74) is 4.42. The minimum absolute atomic E-state index is 0.803. The van der Waals surface area contributed by atoms with Gasteiger partial charge in [0.25, 0.3) is 0 Å². The Balaban J connectivity index is 0.00000277. The molecule has 0 saturated carbocycles. The summed E-state index contributed by atoms with van der Waals surface area (Å²) in [5.74, 6) is 0.941. The summed E-state index contributed by atoms with van der Waals surface area (Å²) in [7, 11) is 4.02. The lowest BCUT2D eigenvalue weighted by Gasteiger charge is -2.28. The highest BCUT2D eigenvalue weighted by Gasteiger charge is 2.16. The lowest BCUT2D eigenvalue weighted by atomic mass is 10.1. The zero-order valence-electron chi connectivity index (χ0n) is 16.8. The molecule has 138 valence electrons. The Labute approximate surface area is 154 Å². The van der Waals surface area contributed by atoms with E-state index in [0.29, 0.717) is 0 Å². The van der Waals surface area contributed by atoms with E-state index in [4.69, 9.17) is 0 Å². The highest BCUT2D eigenvalue weighted by molar-refractivity contribution is 5.72. The Morgan fingerprint density at radius 1 is 1.24 bits per heavy atom. The van der Waals surface area contributed by atoms with E-state index in [1.54, 1.807) is 6.20 Å². The van der Waals surface area contributed by atoms with E-state index in [2.05, 4.69) is 80.7 Å². The van der Waals surface area contributed by atoms with Crippen LogP contribution in [0.2, 0.25) is 0 Å². The second kappa shape index (κ2) is 12.1. The first-order valence-corrected chi connectivity index (χ1v) is 8.81. The Morgan fingerprint density at radius 2 is 1.88 bits per heavy atom. The first kappa shape index (κ1) is 22.6. The predicted molar refractivity (Wildman–Crippen MR) is 114 cm³/mol. The van der Waals surface area contributed by atoms with E-state index in [-0.39, 0.29) is 0 Å². The molecular formula is C21H34N4. The predicted octanol–water partition coefficient (Wildman–Crippen LogP) is 5.76. The minimum Gasteiger partial charge on any atom is -0.376 e. The summed E-state index contributed by atoms with van der Waals surface area (Å²) < 4.78 is 0. The Bertz CT molecular complexity index is 600. The molecule has 0 aliphatic carbocycles. The quantitative estimate of drug-likeness (QED) is 0.342. The van der Waals surface area contributed by atoms with E-state index in [0.717, 1.165) is 36.6 Å². The van der Waals surface area contributed by atoms with Crippen LogP contribution in [-0.2, 0) is 0 Å². The van der Waals surface area contributed by atoms with Gasteiger partial charge in [0.05, 0.1) is 11.9 Å². The van der Waals surface area contributed by atoms with Crippen LogP contribution in [0.15, 0.2) is 53.8 Å². The van der Waals surface area contributed by atoms with E-state index in [1.165, 1.54) is 11.3 Å². The molecule has 0 fully saturated rings. The van der Waals surface area contributed by atoms with Gasteiger partial charge in [0.15, 0.2) is 0 Å². The Morgan fingerprint density at radius 3 is 2.28 bits per heavy atom. The van der Waals surface area contributed by atoms with Crippen LogP contribution < -0.4 is 9.80 Å². The Kier molecular flexibility index (Phi) is 10.9. The van der Waals surface area contributed by atoms with Gasteiger partial charge in [0.2, 0.25) is 0 Å². The molecule has 0 N–H and O–H groups in total. The maximum absolute atomic E-state index is 4.62. The monoisotopic (exact) mass is 342 g/mol. The molecule has 4 nitrogen and oxygen atoms in total. The summed E-state index contributed by atoms with van der Waals surface area (Å²) in [6.07, 6.45) is 8.27. The lowest BCUT2D eigenvalue weighted by molar-refractivity contribution is 0.899. The molecule has 0 spiro atoms. The summed E-state index contributed by atoms with van der Waals surface area (Å²) in [6, 6.07) is 2.08. The number of rotatable bonds is 8. The standard InChI is InChI=1S/C19H30N4.C2H4/c1-8-12-17(15(9-2)10-3)23(11-4)19-13-18(22(6)7)16(20-5)14-21-19;1-2/h9,12-14H,5,8,10-11H2,1-4,6-7H3;1-2H2/b15-9-,17-12+;. The van der Waals surface area contributed by atoms with Gasteiger partial charge < -0.3 is 9.80 Å². The van der Waals surface area contributed by atoms with Gasteiger partial charge in [-0.25, -0.2) is 4.98 Å². The molecule has 0 unspecified atom stereocenters. The van der Waals surface area contributed by atoms with E-state index in [1.807, 2.05) is 19.0 Å². The minimum atomic E-state index is 0.803. The van der Waals surface area contributed by atoms with Crippen molar-refractivity contribution in [2.24, 2.45) is 4.99 Å². The van der Waals surface area contributed by atoms with Crippen LogP contribution in [0.5, 0.6) is 0 Å². The number of hydrogen-bond acceptors (Lipinski definition) is 4. The fourth-order valence-corrected chi connectivity index (χ4v) is 2.65. The van der Waals surface area contributed by atoms with Crippen molar-refractivity contribution in [2.75, 3.05) is 30.4 Å². The van der Waals surface area contributed by atoms with Crippen molar-refractivity contribution in [3.63, 3.8) is 0 Å². The fourth-order valence-electron chi connectivity index (χ4n) is 2.65. The molecule has 0 bridgehead atoms. The van der Waals surface area contributed by atoms with Crippen LogP contribution in [0.3, 0.4) is 0 Å². The van der Waals surface area contributed by atoms with Gasteiger partial charge in [-0.2, -0.15) is 0 Å². The van der Waals surface area contributed by atoms with Crippen molar-refractivity contribution in [3.05, 3.63) is 48.8 Å². The van der Waals surface area contributed by atoms with E-state index >= 15 is 0 Å². The van der Waals surface area contributed by atoms with Gasteiger partial charge >= 0.3 is 0 Å². The van der Waals surface area contributed by atoms with Crippen LogP contribution >= 0.6 is 0 Å². The number of aromatic nitrogens is 1. The molecule has 1 aromatic rings. The number of nitrogens with zero attached hydrogens (tertiary/aromatic N) is 4. The van der Waals surface area contributed by atoms with Gasteiger partial charge in [0, 0.05) is 32.4 Å². The van der Waals surface area contributed by atoms with E-state index in [9.17, 15) is 0 Å². The summed E-state index contributed by atoms with van der Waals surface area (Å²) in [5, 5.41) is 0. The SMILES string of the molecule is C=C.C=Nc1cnc(N(CC)C(=C/CC)/C(=C\C)CC)cc1N(C)C. The number of likely N-dealkylation sites (N-methyl/N-ethyl adjacent to an activating group) is 1. The van der Waals surface area contributed by atoms with Gasteiger partial charge in [-0.3, -0.25) is 4.99 Å². The maximum atomic E-state index is 4.62. The fraction of sp³-hybridized carbons (Fsp3) is 0.429. The Hall–Kier alpha value is -2.36. The molecular weight excluding hydrogens is 308 g/mol. The van der Waals surface area contributed by atoms with Crippen molar-refractivity contribution >= 4 is 23.9 Å². The van der Waals surface area contributed by atoms with Crippen molar-refractivity contribution in [1.29, 1.82) is 0 Å². The van der Waals surface area contributed by atoms with Crippen LogP contribution in [0.1, 0.15) is 40.5 Å². The zero-order chi connectivity index (χ0) is 19.4. The first-order valence-electron chi connectivity index (χ1n) is 8.81. The van der Waals surface area contributed by atoms with Crippen LogP contribution in [0, 0.1) is 0 Å².